The van der Waals surface area contributed by atoms with Crippen molar-refractivity contribution in [1.82, 2.24) is 4.98 Å². The van der Waals surface area contributed by atoms with Crippen molar-refractivity contribution in [2.75, 3.05) is 6.61 Å². The molecule has 0 saturated heterocycles. The highest BCUT2D eigenvalue weighted by molar-refractivity contribution is 6.00. The van der Waals surface area contributed by atoms with Crippen LogP contribution in [-0.4, -0.2) is 17.4 Å². The number of benzene rings is 2. The number of aromatic amines is 1. The minimum Gasteiger partial charge on any atom is -0.494 e. The number of aromatic nitrogens is 1. The Kier molecular flexibility index (Phi) is 6.43. The second-order valence-electron chi connectivity index (χ2n) is 6.39. The number of carbonyl (C=O) groups excluding carboxylic acids is 1. The summed E-state index contributed by atoms with van der Waals surface area (Å²) in [6, 6.07) is 22.5. The lowest BCUT2D eigenvalue weighted by molar-refractivity contribution is 0.0951. The molecule has 1 aromatic heterocycles. The van der Waals surface area contributed by atoms with Gasteiger partial charge in [0.05, 0.1) is 24.2 Å². The summed E-state index contributed by atoms with van der Waals surface area (Å²) in [6.45, 7) is 0.586. The molecule has 1 atom stereocenters. The first-order valence-corrected chi connectivity index (χ1v) is 9.13. The fourth-order valence-electron chi connectivity index (χ4n) is 3.06. The number of nitriles is 1. The van der Waals surface area contributed by atoms with Crippen molar-refractivity contribution >= 4 is 5.78 Å². The molecule has 0 bridgehead atoms. The second kappa shape index (κ2) is 9.40. The molecule has 1 N–H and O–H groups in total. The molecule has 27 heavy (non-hydrogen) atoms. The summed E-state index contributed by atoms with van der Waals surface area (Å²) in [7, 11) is 0. The van der Waals surface area contributed by atoms with Crippen molar-refractivity contribution in [3.05, 3.63) is 89.7 Å². The number of hydrogen-bond donors (Lipinski definition) is 1. The van der Waals surface area contributed by atoms with Crippen LogP contribution in [0.4, 0.5) is 0 Å². The zero-order valence-corrected chi connectivity index (χ0v) is 15.1. The summed E-state index contributed by atoms with van der Waals surface area (Å²) in [4.78, 5) is 16.1. The number of H-pyrrole nitrogens is 1. The Morgan fingerprint density at radius 1 is 1.00 bits per heavy atom. The van der Waals surface area contributed by atoms with Gasteiger partial charge in [-0.25, -0.2) is 0 Å². The van der Waals surface area contributed by atoms with E-state index in [0.29, 0.717) is 12.2 Å². The summed E-state index contributed by atoms with van der Waals surface area (Å²) in [5.41, 5.74) is 2.32. The predicted molar refractivity (Wildman–Crippen MR) is 105 cm³/mol. The molecule has 3 aromatic rings. The van der Waals surface area contributed by atoms with Crippen LogP contribution >= 0.6 is 0 Å². The van der Waals surface area contributed by atoms with Gasteiger partial charge in [0, 0.05) is 17.5 Å². The maximum atomic E-state index is 12.9. The van der Waals surface area contributed by atoms with Crippen molar-refractivity contribution in [2.45, 2.75) is 25.2 Å². The first-order chi connectivity index (χ1) is 13.3. The van der Waals surface area contributed by atoms with E-state index in [9.17, 15) is 4.79 Å². The van der Waals surface area contributed by atoms with Crippen LogP contribution in [0.5, 0.6) is 5.75 Å². The van der Waals surface area contributed by atoms with E-state index in [4.69, 9.17) is 10.00 Å². The van der Waals surface area contributed by atoms with Crippen LogP contribution in [0.15, 0.2) is 72.9 Å². The van der Waals surface area contributed by atoms with Gasteiger partial charge in [-0.3, -0.25) is 4.79 Å². The van der Waals surface area contributed by atoms with Gasteiger partial charge in [-0.15, -0.1) is 0 Å². The van der Waals surface area contributed by atoms with Crippen LogP contribution in [0.1, 0.15) is 46.8 Å². The van der Waals surface area contributed by atoms with Gasteiger partial charge in [0.2, 0.25) is 0 Å². The number of nitrogens with one attached hydrogen (secondary N) is 1. The number of ether oxygens (including phenoxy) is 1. The Morgan fingerprint density at radius 3 is 2.44 bits per heavy atom. The van der Waals surface area contributed by atoms with E-state index >= 15 is 0 Å². The Labute approximate surface area is 159 Å². The maximum absolute atomic E-state index is 12.9. The summed E-state index contributed by atoms with van der Waals surface area (Å²) < 4.78 is 5.72. The molecule has 0 fully saturated rings. The molecule has 0 amide bonds. The zero-order chi connectivity index (χ0) is 18.9. The SMILES string of the molecule is N#Cc1ccc(OCCCCC(C(=O)c2ccccc2)c2ccc[nH]2)cc1. The van der Waals surface area contributed by atoms with Crippen molar-refractivity contribution in [2.24, 2.45) is 0 Å². The van der Waals surface area contributed by atoms with Crippen LogP contribution < -0.4 is 4.74 Å². The summed E-state index contributed by atoms with van der Waals surface area (Å²) in [5.74, 6) is 0.735. The van der Waals surface area contributed by atoms with E-state index in [-0.39, 0.29) is 11.7 Å². The Hall–Kier alpha value is -3.32. The number of unbranched alkanes of at least 4 members (excludes halogenated alkanes) is 1. The van der Waals surface area contributed by atoms with E-state index in [1.165, 1.54) is 0 Å². The molecule has 0 aliphatic rings. The van der Waals surface area contributed by atoms with Crippen LogP contribution in [0.25, 0.3) is 0 Å². The smallest absolute Gasteiger partial charge is 0.171 e. The Bertz CT molecular complexity index is 878. The lowest BCUT2D eigenvalue weighted by Gasteiger charge is -2.15. The van der Waals surface area contributed by atoms with Gasteiger partial charge in [0.25, 0.3) is 0 Å². The van der Waals surface area contributed by atoms with Crippen LogP contribution in [0.2, 0.25) is 0 Å². The van der Waals surface area contributed by atoms with Gasteiger partial charge >= 0.3 is 0 Å². The highest BCUT2D eigenvalue weighted by Crippen LogP contribution is 2.25. The van der Waals surface area contributed by atoms with Gasteiger partial charge in [-0.1, -0.05) is 30.3 Å². The maximum Gasteiger partial charge on any atom is 0.171 e. The standard InChI is InChI=1S/C23H22N2O2/c24-17-18-11-13-20(14-12-18)27-16-5-4-9-21(22-10-6-15-25-22)23(26)19-7-2-1-3-8-19/h1-3,6-8,10-15,21,25H,4-5,9,16H2. The van der Waals surface area contributed by atoms with Gasteiger partial charge in [0.15, 0.2) is 5.78 Å². The molecule has 2 aromatic carbocycles. The lowest BCUT2D eigenvalue weighted by Crippen LogP contribution is -2.14. The van der Waals surface area contributed by atoms with Gasteiger partial charge < -0.3 is 9.72 Å². The molecule has 0 spiro atoms. The molecule has 1 heterocycles. The Morgan fingerprint density at radius 2 is 1.78 bits per heavy atom. The number of ketones is 1. The van der Waals surface area contributed by atoms with Crippen molar-refractivity contribution in [1.29, 1.82) is 5.26 Å². The highest BCUT2D eigenvalue weighted by Gasteiger charge is 2.22. The van der Waals surface area contributed by atoms with E-state index in [0.717, 1.165) is 36.3 Å². The summed E-state index contributed by atoms with van der Waals surface area (Å²) in [6.07, 6.45) is 4.37. The fraction of sp³-hybridized carbons (Fsp3) is 0.217. The van der Waals surface area contributed by atoms with E-state index < -0.39 is 0 Å². The van der Waals surface area contributed by atoms with Crippen LogP contribution in [0.3, 0.4) is 0 Å². The van der Waals surface area contributed by atoms with Gasteiger partial charge in [0.1, 0.15) is 5.75 Å². The number of rotatable bonds is 9. The number of nitrogens with zero attached hydrogens (tertiary/aromatic N) is 1. The van der Waals surface area contributed by atoms with Crippen LogP contribution in [0, 0.1) is 11.3 Å². The normalized spacial score (nSPS) is 11.5. The lowest BCUT2D eigenvalue weighted by atomic mass is 9.90. The number of carbonyl (C=O) groups is 1. The minimum absolute atomic E-state index is 0.145. The van der Waals surface area contributed by atoms with Crippen molar-refractivity contribution in [3.63, 3.8) is 0 Å². The van der Waals surface area contributed by atoms with E-state index in [1.54, 1.807) is 24.3 Å². The molecule has 1 unspecified atom stereocenters. The minimum atomic E-state index is -0.169. The average molecular weight is 358 g/mol. The first kappa shape index (κ1) is 18.5. The van der Waals surface area contributed by atoms with Crippen LogP contribution in [-0.2, 0) is 0 Å². The number of Topliss-reactive ketones (excluding diaryl/α,β-unsaturated/α-hetero) is 1. The zero-order valence-electron chi connectivity index (χ0n) is 15.1. The molecular weight excluding hydrogens is 336 g/mol. The van der Waals surface area contributed by atoms with Crippen molar-refractivity contribution < 1.29 is 9.53 Å². The largest absolute Gasteiger partial charge is 0.494 e. The molecule has 0 aliphatic heterocycles. The monoisotopic (exact) mass is 358 g/mol. The molecular formula is C23H22N2O2. The predicted octanol–water partition coefficient (Wildman–Crippen LogP) is 5.10. The van der Waals surface area contributed by atoms with Gasteiger partial charge in [-0.2, -0.15) is 5.26 Å². The number of hydrogen-bond acceptors (Lipinski definition) is 3. The molecule has 136 valence electrons. The van der Waals surface area contributed by atoms with E-state index in [2.05, 4.69) is 11.1 Å². The first-order valence-electron chi connectivity index (χ1n) is 9.13. The fourth-order valence-corrected chi connectivity index (χ4v) is 3.06. The average Bonchev–Trinajstić information content (AvgIpc) is 3.26. The molecule has 3 rings (SSSR count). The highest BCUT2D eigenvalue weighted by atomic mass is 16.5. The summed E-state index contributed by atoms with van der Waals surface area (Å²) in [5, 5.41) is 8.81. The second-order valence-corrected chi connectivity index (χ2v) is 6.39. The Balaban J connectivity index is 1.52. The molecule has 4 nitrogen and oxygen atoms in total. The molecule has 4 heteroatoms. The third kappa shape index (κ3) is 5.08. The van der Waals surface area contributed by atoms with Crippen molar-refractivity contribution in [3.8, 4) is 11.8 Å². The quantitative estimate of drug-likeness (QED) is 0.427. The molecule has 0 radical (unpaired) electrons. The van der Waals surface area contributed by atoms with E-state index in [1.807, 2.05) is 48.7 Å². The van der Waals surface area contributed by atoms with Gasteiger partial charge in [-0.05, 0) is 55.7 Å². The molecule has 0 aliphatic carbocycles. The topological polar surface area (TPSA) is 65.9 Å². The third-order valence-electron chi connectivity index (χ3n) is 4.51. The summed E-state index contributed by atoms with van der Waals surface area (Å²) >= 11 is 0. The third-order valence-corrected chi connectivity index (χ3v) is 4.51. The molecule has 0 saturated carbocycles.